The predicted molar refractivity (Wildman–Crippen MR) is 59.3 cm³/mol. The molecule has 1 aliphatic rings. The van der Waals surface area contributed by atoms with Crippen LogP contribution in [0, 0.1) is 16.7 Å². The van der Waals surface area contributed by atoms with Crippen LogP contribution in [0.3, 0.4) is 0 Å². The summed E-state index contributed by atoms with van der Waals surface area (Å²) in [6.45, 7) is 14.7. The van der Waals surface area contributed by atoms with Crippen molar-refractivity contribution in [1.29, 1.82) is 0 Å². The number of aliphatic imine (C=N–C) groups is 1. The van der Waals surface area contributed by atoms with Gasteiger partial charge < -0.3 is 0 Å². The van der Waals surface area contributed by atoms with Crippen LogP contribution in [0.2, 0.25) is 0 Å². The zero-order chi connectivity index (χ0) is 10.3. The Bertz CT molecular complexity index is 218. The Kier molecular flexibility index (Phi) is 2.57. The van der Waals surface area contributed by atoms with Crippen molar-refractivity contribution in [3.8, 4) is 0 Å². The molecule has 1 rings (SSSR count). The lowest BCUT2D eigenvalue weighted by atomic mass is 9.72. The standard InChI is InChI=1S/C12H23N/c1-9-7-12(5,6)8-13-10(9)11(2,3)4/h9H,7-8H2,1-6H3. The molecule has 0 bridgehead atoms. The molecule has 0 spiro atoms. The van der Waals surface area contributed by atoms with Crippen molar-refractivity contribution < 1.29 is 0 Å². The van der Waals surface area contributed by atoms with E-state index >= 15 is 0 Å². The molecule has 0 saturated heterocycles. The van der Waals surface area contributed by atoms with Crippen molar-refractivity contribution in [3.63, 3.8) is 0 Å². The topological polar surface area (TPSA) is 12.4 Å². The molecule has 0 aromatic rings. The Morgan fingerprint density at radius 1 is 1.31 bits per heavy atom. The fourth-order valence-corrected chi connectivity index (χ4v) is 2.42. The summed E-state index contributed by atoms with van der Waals surface area (Å²) in [5, 5.41) is 0. The van der Waals surface area contributed by atoms with E-state index in [1.165, 1.54) is 12.1 Å². The normalized spacial score (nSPS) is 28.5. The van der Waals surface area contributed by atoms with Crippen LogP contribution in [0.25, 0.3) is 0 Å². The Labute approximate surface area is 82.6 Å². The van der Waals surface area contributed by atoms with Gasteiger partial charge in [-0.2, -0.15) is 0 Å². The molecule has 13 heavy (non-hydrogen) atoms. The molecule has 0 amide bonds. The lowest BCUT2D eigenvalue weighted by molar-refractivity contribution is 0.292. The molecule has 0 fully saturated rings. The molecule has 76 valence electrons. The minimum Gasteiger partial charge on any atom is -0.293 e. The van der Waals surface area contributed by atoms with Crippen LogP contribution in [0.5, 0.6) is 0 Å². The van der Waals surface area contributed by atoms with Gasteiger partial charge in [-0.3, -0.25) is 4.99 Å². The molecule has 1 atom stereocenters. The maximum absolute atomic E-state index is 4.75. The predicted octanol–water partition coefficient (Wildman–Crippen LogP) is 3.54. The third-order valence-electron chi connectivity index (χ3n) is 2.77. The number of nitrogens with zero attached hydrogens (tertiary/aromatic N) is 1. The van der Waals surface area contributed by atoms with Crippen LogP contribution in [0.4, 0.5) is 0 Å². The highest BCUT2D eigenvalue weighted by Gasteiger charge is 2.33. The molecule has 0 N–H and O–H groups in total. The third-order valence-corrected chi connectivity index (χ3v) is 2.77. The van der Waals surface area contributed by atoms with Gasteiger partial charge in [0.25, 0.3) is 0 Å². The molecule has 1 unspecified atom stereocenters. The monoisotopic (exact) mass is 181 g/mol. The van der Waals surface area contributed by atoms with Gasteiger partial charge in [-0.25, -0.2) is 0 Å². The zero-order valence-electron chi connectivity index (χ0n) is 9.94. The first-order valence-corrected chi connectivity index (χ1v) is 5.27. The van der Waals surface area contributed by atoms with Gasteiger partial charge in [0.2, 0.25) is 0 Å². The summed E-state index contributed by atoms with van der Waals surface area (Å²) in [5.74, 6) is 0.656. The Morgan fingerprint density at radius 3 is 2.23 bits per heavy atom. The van der Waals surface area contributed by atoms with E-state index in [9.17, 15) is 0 Å². The van der Waals surface area contributed by atoms with Crippen LogP contribution < -0.4 is 0 Å². The smallest absolute Gasteiger partial charge is 0.0440 e. The van der Waals surface area contributed by atoms with Gasteiger partial charge >= 0.3 is 0 Å². The molecule has 0 radical (unpaired) electrons. The molecule has 0 saturated carbocycles. The van der Waals surface area contributed by atoms with E-state index < -0.39 is 0 Å². The van der Waals surface area contributed by atoms with E-state index in [1.54, 1.807) is 0 Å². The number of rotatable bonds is 0. The minimum absolute atomic E-state index is 0.260. The van der Waals surface area contributed by atoms with E-state index in [2.05, 4.69) is 41.5 Å². The van der Waals surface area contributed by atoms with Crippen molar-refractivity contribution in [2.75, 3.05) is 6.54 Å². The molecular formula is C12H23N. The Balaban J connectivity index is 2.85. The summed E-state index contributed by atoms with van der Waals surface area (Å²) < 4.78 is 0. The van der Waals surface area contributed by atoms with Crippen molar-refractivity contribution in [3.05, 3.63) is 0 Å². The van der Waals surface area contributed by atoms with Crippen LogP contribution in [0.1, 0.15) is 48.0 Å². The van der Waals surface area contributed by atoms with Gasteiger partial charge in [-0.15, -0.1) is 0 Å². The summed E-state index contributed by atoms with van der Waals surface area (Å²) in [6.07, 6.45) is 1.28. The summed E-state index contributed by atoms with van der Waals surface area (Å²) in [7, 11) is 0. The largest absolute Gasteiger partial charge is 0.293 e. The van der Waals surface area contributed by atoms with E-state index in [0.717, 1.165) is 6.54 Å². The van der Waals surface area contributed by atoms with Crippen LogP contribution in [0.15, 0.2) is 4.99 Å². The van der Waals surface area contributed by atoms with Gasteiger partial charge in [0.05, 0.1) is 0 Å². The SMILES string of the molecule is CC1CC(C)(C)CN=C1C(C)(C)C. The second-order valence-corrected chi connectivity index (χ2v) is 6.22. The summed E-state index contributed by atoms with van der Waals surface area (Å²) in [6, 6.07) is 0. The summed E-state index contributed by atoms with van der Waals surface area (Å²) in [5.41, 5.74) is 2.08. The van der Waals surface area contributed by atoms with Crippen LogP contribution in [-0.2, 0) is 0 Å². The van der Waals surface area contributed by atoms with Gasteiger partial charge in [0.1, 0.15) is 0 Å². The van der Waals surface area contributed by atoms with Gasteiger partial charge in [-0.1, -0.05) is 41.5 Å². The van der Waals surface area contributed by atoms with Gasteiger partial charge in [0.15, 0.2) is 0 Å². The molecule has 0 aliphatic carbocycles. The molecule has 1 nitrogen and oxygen atoms in total. The molecule has 0 aromatic heterocycles. The van der Waals surface area contributed by atoms with Crippen molar-refractivity contribution in [1.82, 2.24) is 0 Å². The van der Waals surface area contributed by atoms with Crippen molar-refractivity contribution in [2.24, 2.45) is 21.7 Å². The lowest BCUT2D eigenvalue weighted by Gasteiger charge is -2.37. The first-order valence-electron chi connectivity index (χ1n) is 5.27. The van der Waals surface area contributed by atoms with Gasteiger partial charge in [0, 0.05) is 17.7 Å². The minimum atomic E-state index is 0.260. The highest BCUT2D eigenvalue weighted by molar-refractivity contribution is 5.91. The molecule has 1 heteroatoms. The highest BCUT2D eigenvalue weighted by atomic mass is 14.8. The average molecular weight is 181 g/mol. The van der Waals surface area contributed by atoms with Crippen molar-refractivity contribution in [2.45, 2.75) is 48.0 Å². The molecule has 1 heterocycles. The van der Waals surface area contributed by atoms with E-state index in [0.29, 0.717) is 11.3 Å². The van der Waals surface area contributed by atoms with E-state index in [-0.39, 0.29) is 5.41 Å². The number of hydrogen-bond donors (Lipinski definition) is 0. The van der Waals surface area contributed by atoms with Gasteiger partial charge in [-0.05, 0) is 17.8 Å². The maximum atomic E-state index is 4.75. The fourth-order valence-electron chi connectivity index (χ4n) is 2.42. The Hall–Kier alpha value is -0.330. The second kappa shape index (κ2) is 3.11. The fraction of sp³-hybridized carbons (Fsp3) is 0.917. The average Bonchev–Trinajstić information content (AvgIpc) is 1.80. The summed E-state index contributed by atoms with van der Waals surface area (Å²) >= 11 is 0. The van der Waals surface area contributed by atoms with Crippen molar-refractivity contribution >= 4 is 5.71 Å². The zero-order valence-corrected chi connectivity index (χ0v) is 9.94. The highest BCUT2D eigenvalue weighted by Crippen LogP contribution is 2.35. The first kappa shape index (κ1) is 10.7. The van der Waals surface area contributed by atoms with Crippen LogP contribution >= 0.6 is 0 Å². The molecule has 1 aliphatic heterocycles. The summed E-state index contributed by atoms with van der Waals surface area (Å²) in [4.78, 5) is 4.75. The quantitative estimate of drug-likeness (QED) is 0.542. The third kappa shape index (κ3) is 2.55. The second-order valence-electron chi connectivity index (χ2n) is 6.22. The van der Waals surface area contributed by atoms with E-state index in [4.69, 9.17) is 4.99 Å². The first-order chi connectivity index (χ1) is 5.72. The molecular weight excluding hydrogens is 158 g/mol. The number of hydrogen-bond acceptors (Lipinski definition) is 1. The van der Waals surface area contributed by atoms with Crippen LogP contribution in [-0.4, -0.2) is 12.3 Å². The van der Waals surface area contributed by atoms with E-state index in [1.807, 2.05) is 0 Å². The Morgan fingerprint density at radius 2 is 1.85 bits per heavy atom. The molecule has 0 aromatic carbocycles. The maximum Gasteiger partial charge on any atom is 0.0440 e. The lowest BCUT2D eigenvalue weighted by Crippen LogP contribution is -2.36.